The molecule has 0 spiro atoms. The zero-order chi connectivity index (χ0) is 10.8. The number of alkyl halides is 2. The van der Waals surface area contributed by atoms with Gasteiger partial charge in [0.1, 0.15) is 0 Å². The van der Waals surface area contributed by atoms with Gasteiger partial charge in [-0.25, -0.2) is 8.78 Å². The van der Waals surface area contributed by atoms with E-state index in [9.17, 15) is 8.78 Å². The molecule has 1 aromatic carbocycles. The number of halogens is 2. The Balaban J connectivity index is 2.43. The number of fused-ring (bicyclic) bond motifs is 1. The largest absolute Gasteiger partial charge is 0.454 e. The summed E-state index contributed by atoms with van der Waals surface area (Å²) in [5.74, 6) is 0.965. The van der Waals surface area contributed by atoms with Gasteiger partial charge in [0, 0.05) is 17.7 Å². The van der Waals surface area contributed by atoms with Crippen LogP contribution in [0.3, 0.4) is 0 Å². The molecule has 1 heterocycles. The monoisotopic (exact) mass is 215 g/mol. The fraction of sp³-hybridized carbons (Fsp3) is 0.400. The van der Waals surface area contributed by atoms with Gasteiger partial charge in [0.25, 0.3) is 6.43 Å². The number of nitrogens with one attached hydrogen (secondary N) is 1. The fourth-order valence-electron chi connectivity index (χ4n) is 1.55. The summed E-state index contributed by atoms with van der Waals surface area (Å²) < 4.78 is 35.4. The molecule has 0 aromatic heterocycles. The third-order valence-corrected chi connectivity index (χ3v) is 2.19. The summed E-state index contributed by atoms with van der Waals surface area (Å²) in [6, 6.07) is 2.76. The predicted octanol–water partition coefficient (Wildman–Crippen LogP) is 2.07. The first-order valence-electron chi connectivity index (χ1n) is 4.57. The maximum Gasteiger partial charge on any atom is 0.263 e. The summed E-state index contributed by atoms with van der Waals surface area (Å²) in [7, 11) is 1.75. The van der Waals surface area contributed by atoms with Crippen LogP contribution in [0.5, 0.6) is 11.5 Å². The van der Waals surface area contributed by atoms with Crippen molar-refractivity contribution in [1.29, 1.82) is 0 Å². The normalized spacial score (nSPS) is 13.6. The third kappa shape index (κ3) is 1.87. The molecule has 1 N–H and O–H groups in total. The van der Waals surface area contributed by atoms with Crippen LogP contribution in [0.25, 0.3) is 0 Å². The van der Waals surface area contributed by atoms with E-state index < -0.39 is 6.43 Å². The highest BCUT2D eigenvalue weighted by Crippen LogP contribution is 2.39. The van der Waals surface area contributed by atoms with Crippen LogP contribution in [0.15, 0.2) is 12.1 Å². The Labute approximate surface area is 86.0 Å². The molecular weight excluding hydrogens is 204 g/mol. The van der Waals surface area contributed by atoms with Gasteiger partial charge in [-0.2, -0.15) is 0 Å². The van der Waals surface area contributed by atoms with Gasteiger partial charge in [0.05, 0.1) is 0 Å². The van der Waals surface area contributed by atoms with Gasteiger partial charge in [-0.1, -0.05) is 0 Å². The lowest BCUT2D eigenvalue weighted by atomic mass is 10.1. The number of hydrogen-bond donors (Lipinski definition) is 1. The second-order valence-corrected chi connectivity index (χ2v) is 3.24. The summed E-state index contributed by atoms with van der Waals surface area (Å²) >= 11 is 0. The van der Waals surface area contributed by atoms with Crippen molar-refractivity contribution < 1.29 is 18.3 Å². The molecule has 15 heavy (non-hydrogen) atoms. The Morgan fingerprint density at radius 3 is 2.87 bits per heavy atom. The summed E-state index contributed by atoms with van der Waals surface area (Å²) in [6.45, 7) is 0.574. The van der Waals surface area contributed by atoms with Crippen molar-refractivity contribution in [3.05, 3.63) is 23.3 Å². The van der Waals surface area contributed by atoms with E-state index in [2.05, 4.69) is 5.32 Å². The molecule has 1 aliphatic heterocycles. The highest BCUT2D eigenvalue weighted by atomic mass is 19.3. The zero-order valence-corrected chi connectivity index (χ0v) is 8.22. The van der Waals surface area contributed by atoms with E-state index in [1.165, 1.54) is 12.1 Å². The zero-order valence-electron chi connectivity index (χ0n) is 8.22. The first-order chi connectivity index (χ1) is 7.22. The van der Waals surface area contributed by atoms with Gasteiger partial charge in [-0.3, -0.25) is 0 Å². The molecule has 0 fully saturated rings. The van der Waals surface area contributed by atoms with Crippen molar-refractivity contribution in [2.24, 2.45) is 0 Å². The van der Waals surface area contributed by atoms with E-state index in [1.807, 2.05) is 0 Å². The van der Waals surface area contributed by atoms with Crippen molar-refractivity contribution in [3.8, 4) is 11.5 Å². The lowest BCUT2D eigenvalue weighted by Gasteiger charge is -2.08. The van der Waals surface area contributed by atoms with E-state index in [0.29, 0.717) is 23.6 Å². The fourth-order valence-corrected chi connectivity index (χ4v) is 1.55. The highest BCUT2D eigenvalue weighted by molar-refractivity contribution is 5.51. The van der Waals surface area contributed by atoms with Crippen LogP contribution in [0.4, 0.5) is 8.78 Å². The van der Waals surface area contributed by atoms with E-state index in [-0.39, 0.29) is 12.4 Å². The molecule has 0 unspecified atom stereocenters. The van der Waals surface area contributed by atoms with Crippen molar-refractivity contribution in [2.45, 2.75) is 13.0 Å². The summed E-state index contributed by atoms with van der Waals surface area (Å²) in [4.78, 5) is 0. The summed E-state index contributed by atoms with van der Waals surface area (Å²) in [5, 5.41) is 2.90. The van der Waals surface area contributed by atoms with Crippen LogP contribution in [0.1, 0.15) is 17.6 Å². The summed E-state index contributed by atoms with van der Waals surface area (Å²) in [5.41, 5.74) is 0.660. The van der Waals surface area contributed by atoms with E-state index >= 15 is 0 Å². The minimum atomic E-state index is -2.49. The SMILES string of the molecule is CNCc1cc(C(F)F)cc2c1OCO2. The Kier molecular flexibility index (Phi) is 2.73. The van der Waals surface area contributed by atoms with Crippen molar-refractivity contribution >= 4 is 0 Å². The highest BCUT2D eigenvalue weighted by Gasteiger charge is 2.21. The quantitative estimate of drug-likeness (QED) is 0.837. The van der Waals surface area contributed by atoms with E-state index in [1.54, 1.807) is 7.05 Å². The van der Waals surface area contributed by atoms with Crippen LogP contribution in [-0.2, 0) is 6.54 Å². The van der Waals surface area contributed by atoms with Crippen LogP contribution >= 0.6 is 0 Å². The first kappa shape index (κ1) is 10.2. The molecule has 0 bridgehead atoms. The molecule has 0 radical (unpaired) electrons. The van der Waals surface area contributed by atoms with Crippen molar-refractivity contribution in [3.63, 3.8) is 0 Å². The molecular formula is C10H11F2NO2. The molecule has 82 valence electrons. The van der Waals surface area contributed by atoms with Gasteiger partial charge in [0.2, 0.25) is 6.79 Å². The van der Waals surface area contributed by atoms with Gasteiger partial charge >= 0.3 is 0 Å². The molecule has 2 rings (SSSR count). The molecule has 5 heteroatoms. The molecule has 1 aromatic rings. The lowest BCUT2D eigenvalue weighted by Crippen LogP contribution is -2.06. The molecule has 0 aliphatic carbocycles. The topological polar surface area (TPSA) is 30.5 Å². The molecule has 3 nitrogen and oxygen atoms in total. The Bertz CT molecular complexity index is 369. The van der Waals surface area contributed by atoms with E-state index in [4.69, 9.17) is 9.47 Å². The second kappa shape index (κ2) is 4.02. The van der Waals surface area contributed by atoms with Gasteiger partial charge in [-0.05, 0) is 19.2 Å². The standard InChI is InChI=1S/C10H11F2NO2/c1-13-4-7-2-6(10(11)12)3-8-9(7)15-5-14-8/h2-3,10,13H,4-5H2,1H3. The maximum absolute atomic E-state index is 12.5. The molecule has 1 aliphatic rings. The Morgan fingerprint density at radius 1 is 1.40 bits per heavy atom. The van der Waals surface area contributed by atoms with Gasteiger partial charge in [0.15, 0.2) is 11.5 Å². The number of hydrogen-bond acceptors (Lipinski definition) is 3. The molecule has 0 amide bonds. The number of rotatable bonds is 3. The van der Waals surface area contributed by atoms with Crippen molar-refractivity contribution in [2.75, 3.05) is 13.8 Å². The Morgan fingerprint density at radius 2 is 2.20 bits per heavy atom. The summed E-state index contributed by atoms with van der Waals surface area (Å²) in [6.07, 6.45) is -2.49. The predicted molar refractivity (Wildman–Crippen MR) is 50.3 cm³/mol. The third-order valence-electron chi connectivity index (χ3n) is 2.19. The minimum Gasteiger partial charge on any atom is -0.454 e. The van der Waals surface area contributed by atoms with Crippen molar-refractivity contribution in [1.82, 2.24) is 5.32 Å². The molecule has 0 saturated carbocycles. The van der Waals surface area contributed by atoms with E-state index in [0.717, 1.165) is 0 Å². The molecule has 0 atom stereocenters. The Hall–Kier alpha value is -1.36. The number of ether oxygens (including phenoxy) is 2. The lowest BCUT2D eigenvalue weighted by molar-refractivity contribution is 0.150. The van der Waals surface area contributed by atoms with Crippen LogP contribution in [0, 0.1) is 0 Å². The van der Waals surface area contributed by atoms with Crippen LogP contribution in [-0.4, -0.2) is 13.8 Å². The number of benzene rings is 1. The maximum atomic E-state index is 12.5. The van der Waals surface area contributed by atoms with Gasteiger partial charge in [-0.15, -0.1) is 0 Å². The van der Waals surface area contributed by atoms with Gasteiger partial charge < -0.3 is 14.8 Å². The average molecular weight is 215 g/mol. The minimum absolute atomic E-state index is 0.0375. The second-order valence-electron chi connectivity index (χ2n) is 3.24. The molecule has 0 saturated heterocycles. The average Bonchev–Trinajstić information content (AvgIpc) is 2.65. The first-order valence-corrected chi connectivity index (χ1v) is 4.57. The van der Waals surface area contributed by atoms with Crippen LogP contribution in [0.2, 0.25) is 0 Å². The van der Waals surface area contributed by atoms with Crippen LogP contribution < -0.4 is 14.8 Å². The smallest absolute Gasteiger partial charge is 0.263 e.